The van der Waals surface area contributed by atoms with Crippen LogP contribution in [0.4, 0.5) is 11.4 Å². The zero-order valence-corrected chi connectivity index (χ0v) is 9.97. The first-order chi connectivity index (χ1) is 8.54. The summed E-state index contributed by atoms with van der Waals surface area (Å²) < 4.78 is 0. The number of carbonyl (C=O) groups excluding carboxylic acids is 1. The van der Waals surface area contributed by atoms with E-state index in [0.29, 0.717) is 12.8 Å². The summed E-state index contributed by atoms with van der Waals surface area (Å²) in [5.41, 5.74) is -0.0456. The fourth-order valence-electron chi connectivity index (χ4n) is 1.38. The summed E-state index contributed by atoms with van der Waals surface area (Å²) in [5.74, 6) is -0.555. The molecule has 7 heteroatoms. The average Bonchev–Trinajstić information content (AvgIpc) is 2.32. The lowest BCUT2D eigenvalue weighted by Crippen LogP contribution is -2.15. The zero-order chi connectivity index (χ0) is 13.5. The number of nitro groups is 1. The number of nitrogens with one attached hydrogen (secondary N) is 2. The maximum absolute atomic E-state index is 11.5. The van der Waals surface area contributed by atoms with Crippen LogP contribution in [0.15, 0.2) is 18.2 Å². The molecule has 1 aromatic carbocycles. The molecule has 0 unspecified atom stereocenters. The van der Waals surface area contributed by atoms with Crippen LogP contribution in [0.25, 0.3) is 0 Å². The molecule has 0 saturated carbocycles. The second kappa shape index (κ2) is 6.55. The number of hydrogen-bond donors (Lipinski definition) is 3. The number of carbonyl (C=O) groups is 1. The number of nitro benzene ring substituents is 1. The topological polar surface area (TPSA) is 104 Å². The molecule has 0 saturated heterocycles. The quantitative estimate of drug-likeness (QED) is 0.306. The average molecular weight is 253 g/mol. The van der Waals surface area contributed by atoms with Crippen LogP contribution >= 0.6 is 0 Å². The Morgan fingerprint density at radius 3 is 2.78 bits per heavy atom. The number of non-ortho nitro benzene ring substituents is 1. The number of nitrogens with zero attached hydrogens (tertiary/aromatic N) is 1. The monoisotopic (exact) mass is 253 g/mol. The molecule has 3 N–H and O–H groups in total. The largest absolute Gasteiger partial charge is 0.506 e. The van der Waals surface area contributed by atoms with Gasteiger partial charge in [-0.05, 0) is 26.1 Å². The van der Waals surface area contributed by atoms with E-state index in [1.54, 1.807) is 7.05 Å². The van der Waals surface area contributed by atoms with Gasteiger partial charge in [-0.1, -0.05) is 0 Å². The van der Waals surface area contributed by atoms with Gasteiger partial charge in [-0.3, -0.25) is 14.9 Å². The molecule has 98 valence electrons. The number of rotatable bonds is 6. The summed E-state index contributed by atoms with van der Waals surface area (Å²) >= 11 is 0. The summed E-state index contributed by atoms with van der Waals surface area (Å²) in [7, 11) is 1.79. The summed E-state index contributed by atoms with van der Waals surface area (Å²) in [6.45, 7) is 0.722. The summed E-state index contributed by atoms with van der Waals surface area (Å²) in [6, 6.07) is 3.54. The Bertz CT molecular complexity index is 448. The third kappa shape index (κ3) is 4.02. The minimum atomic E-state index is -0.613. The van der Waals surface area contributed by atoms with Gasteiger partial charge >= 0.3 is 0 Å². The van der Waals surface area contributed by atoms with Crippen LogP contribution < -0.4 is 10.6 Å². The van der Waals surface area contributed by atoms with Crippen LogP contribution in [0, 0.1) is 10.1 Å². The predicted molar refractivity (Wildman–Crippen MR) is 66.6 cm³/mol. The van der Waals surface area contributed by atoms with E-state index in [1.807, 2.05) is 0 Å². The van der Waals surface area contributed by atoms with Crippen molar-refractivity contribution in [2.24, 2.45) is 0 Å². The van der Waals surface area contributed by atoms with Gasteiger partial charge in [0.25, 0.3) is 5.69 Å². The van der Waals surface area contributed by atoms with Crippen LogP contribution in [-0.2, 0) is 4.79 Å². The van der Waals surface area contributed by atoms with Gasteiger partial charge in [0, 0.05) is 12.5 Å². The summed E-state index contributed by atoms with van der Waals surface area (Å²) in [4.78, 5) is 21.3. The van der Waals surface area contributed by atoms with Crippen molar-refractivity contribution in [1.82, 2.24) is 5.32 Å². The van der Waals surface area contributed by atoms with E-state index in [4.69, 9.17) is 0 Å². The van der Waals surface area contributed by atoms with E-state index in [2.05, 4.69) is 10.6 Å². The number of anilines is 1. The van der Waals surface area contributed by atoms with Crippen LogP contribution in [0.1, 0.15) is 12.8 Å². The maximum Gasteiger partial charge on any atom is 0.273 e. The van der Waals surface area contributed by atoms with Crippen molar-refractivity contribution in [3.63, 3.8) is 0 Å². The van der Waals surface area contributed by atoms with E-state index in [0.717, 1.165) is 12.6 Å². The van der Waals surface area contributed by atoms with Gasteiger partial charge in [0.2, 0.25) is 5.91 Å². The van der Waals surface area contributed by atoms with Crippen LogP contribution in [-0.4, -0.2) is 29.5 Å². The third-order valence-electron chi connectivity index (χ3n) is 2.30. The van der Waals surface area contributed by atoms with Gasteiger partial charge < -0.3 is 15.7 Å². The van der Waals surface area contributed by atoms with Crippen molar-refractivity contribution in [3.8, 4) is 5.75 Å². The van der Waals surface area contributed by atoms with E-state index in [1.165, 1.54) is 12.1 Å². The standard InChI is InChI=1S/C11H15N3O4/c1-12-6-2-3-11(16)13-9-5-4-8(14(17)18)7-10(9)15/h4-5,7,12,15H,2-3,6H2,1H3,(H,13,16). The number of phenolic OH excluding ortho intramolecular Hbond substituents is 1. The Labute approximate surface area is 104 Å². The lowest BCUT2D eigenvalue weighted by Gasteiger charge is -2.06. The third-order valence-corrected chi connectivity index (χ3v) is 2.30. The van der Waals surface area contributed by atoms with E-state index >= 15 is 0 Å². The molecule has 0 fully saturated rings. The molecule has 0 atom stereocenters. The highest BCUT2D eigenvalue weighted by Gasteiger charge is 2.11. The number of aromatic hydroxyl groups is 1. The summed E-state index contributed by atoms with van der Waals surface area (Å²) in [5, 5.41) is 25.4. The summed E-state index contributed by atoms with van der Waals surface area (Å²) in [6.07, 6.45) is 0.993. The Morgan fingerprint density at radius 2 is 2.22 bits per heavy atom. The SMILES string of the molecule is CNCCCC(=O)Nc1ccc([N+](=O)[O-])cc1O. The van der Waals surface area contributed by atoms with Gasteiger partial charge in [-0.25, -0.2) is 0 Å². The highest BCUT2D eigenvalue weighted by atomic mass is 16.6. The molecule has 0 aliphatic rings. The number of amides is 1. The smallest absolute Gasteiger partial charge is 0.273 e. The molecular formula is C11H15N3O4. The molecular weight excluding hydrogens is 238 g/mol. The van der Waals surface area contributed by atoms with Crippen molar-refractivity contribution in [2.45, 2.75) is 12.8 Å². The minimum Gasteiger partial charge on any atom is -0.506 e. The van der Waals surface area contributed by atoms with Crippen molar-refractivity contribution in [2.75, 3.05) is 18.9 Å². The Kier molecular flexibility index (Phi) is 5.06. The number of benzene rings is 1. The fraction of sp³-hybridized carbons (Fsp3) is 0.364. The molecule has 18 heavy (non-hydrogen) atoms. The van der Waals surface area contributed by atoms with Gasteiger partial charge in [0.15, 0.2) is 0 Å². The van der Waals surface area contributed by atoms with Crippen molar-refractivity contribution in [3.05, 3.63) is 28.3 Å². The molecule has 0 spiro atoms. The first-order valence-corrected chi connectivity index (χ1v) is 5.46. The van der Waals surface area contributed by atoms with E-state index < -0.39 is 4.92 Å². The van der Waals surface area contributed by atoms with Crippen molar-refractivity contribution in [1.29, 1.82) is 0 Å². The molecule has 0 aliphatic heterocycles. The second-order valence-corrected chi connectivity index (χ2v) is 3.71. The maximum atomic E-state index is 11.5. The highest BCUT2D eigenvalue weighted by Crippen LogP contribution is 2.27. The van der Waals surface area contributed by atoms with E-state index in [9.17, 15) is 20.0 Å². The molecule has 0 bridgehead atoms. The van der Waals surface area contributed by atoms with E-state index in [-0.39, 0.29) is 23.0 Å². The lowest BCUT2D eigenvalue weighted by molar-refractivity contribution is -0.384. The predicted octanol–water partition coefficient (Wildman–Crippen LogP) is 1.24. The molecule has 0 aromatic heterocycles. The molecule has 1 amide bonds. The molecule has 0 heterocycles. The van der Waals surface area contributed by atoms with Crippen LogP contribution in [0.5, 0.6) is 5.75 Å². The lowest BCUT2D eigenvalue weighted by atomic mass is 10.2. The highest BCUT2D eigenvalue weighted by molar-refractivity contribution is 5.92. The Balaban J connectivity index is 2.62. The Hall–Kier alpha value is -2.15. The first-order valence-electron chi connectivity index (χ1n) is 5.46. The van der Waals surface area contributed by atoms with Crippen molar-refractivity contribution < 1.29 is 14.8 Å². The van der Waals surface area contributed by atoms with Gasteiger partial charge in [-0.2, -0.15) is 0 Å². The zero-order valence-electron chi connectivity index (χ0n) is 9.97. The van der Waals surface area contributed by atoms with Crippen LogP contribution in [0.3, 0.4) is 0 Å². The molecule has 1 rings (SSSR count). The van der Waals surface area contributed by atoms with Crippen molar-refractivity contribution >= 4 is 17.3 Å². The second-order valence-electron chi connectivity index (χ2n) is 3.71. The molecule has 0 aliphatic carbocycles. The number of hydrogen-bond acceptors (Lipinski definition) is 5. The molecule has 0 radical (unpaired) electrons. The molecule has 1 aromatic rings. The van der Waals surface area contributed by atoms with Gasteiger partial charge in [0.1, 0.15) is 5.75 Å². The normalized spacial score (nSPS) is 10.1. The molecule has 7 nitrogen and oxygen atoms in total. The minimum absolute atomic E-state index is 0.176. The number of phenols is 1. The van der Waals surface area contributed by atoms with Gasteiger partial charge in [0.05, 0.1) is 16.7 Å². The fourth-order valence-corrected chi connectivity index (χ4v) is 1.38. The first kappa shape index (κ1) is 13.9. The van der Waals surface area contributed by atoms with Gasteiger partial charge in [-0.15, -0.1) is 0 Å². The Morgan fingerprint density at radius 1 is 1.50 bits per heavy atom. The van der Waals surface area contributed by atoms with Crippen LogP contribution in [0.2, 0.25) is 0 Å².